The third kappa shape index (κ3) is 3.81. The molecule has 21 heavy (non-hydrogen) atoms. The zero-order chi connectivity index (χ0) is 15.4. The van der Waals surface area contributed by atoms with Crippen molar-refractivity contribution in [2.24, 2.45) is 0 Å². The fraction of sp³-hybridized carbons (Fsp3) is 0.267. The van der Waals surface area contributed by atoms with Crippen molar-refractivity contribution in [3.63, 3.8) is 0 Å². The molecule has 0 aliphatic carbocycles. The largest absolute Gasteiger partial charge is 0.478 e. The van der Waals surface area contributed by atoms with E-state index in [2.05, 4.69) is 5.32 Å². The molecular weight excluding hydrogens is 280 g/mol. The highest BCUT2D eigenvalue weighted by Crippen LogP contribution is 2.22. The molecule has 0 fully saturated rings. The van der Waals surface area contributed by atoms with Crippen molar-refractivity contribution in [2.45, 2.75) is 25.8 Å². The molecule has 0 aliphatic rings. The van der Waals surface area contributed by atoms with Gasteiger partial charge in [0.1, 0.15) is 23.1 Å². The summed E-state index contributed by atoms with van der Waals surface area (Å²) in [6.07, 6.45) is 2.82. The fourth-order valence-electron chi connectivity index (χ4n) is 1.97. The predicted molar refractivity (Wildman–Crippen MR) is 73.4 cm³/mol. The van der Waals surface area contributed by atoms with Crippen LogP contribution in [0, 0.1) is 11.6 Å². The lowest BCUT2D eigenvalue weighted by atomic mass is 10.1. The normalized spacial score (nSPS) is 12.1. The lowest BCUT2D eigenvalue weighted by molar-refractivity contribution is 0.0696. The van der Waals surface area contributed by atoms with E-state index in [1.165, 1.54) is 0 Å². The first-order chi connectivity index (χ1) is 9.97. The molecule has 1 aromatic heterocycles. The van der Waals surface area contributed by atoms with Crippen LogP contribution < -0.4 is 5.32 Å². The van der Waals surface area contributed by atoms with E-state index in [1.54, 1.807) is 19.3 Å². The molecular formula is C15H15F2NO3. The quantitative estimate of drug-likeness (QED) is 0.853. The van der Waals surface area contributed by atoms with E-state index >= 15 is 0 Å². The van der Waals surface area contributed by atoms with Gasteiger partial charge in [-0.3, -0.25) is 0 Å². The molecule has 1 unspecified atom stereocenters. The lowest BCUT2D eigenvalue weighted by Crippen LogP contribution is -2.18. The summed E-state index contributed by atoms with van der Waals surface area (Å²) in [6.45, 7) is 1.78. The minimum absolute atomic E-state index is 0.199. The van der Waals surface area contributed by atoms with Crippen molar-refractivity contribution in [3.05, 3.63) is 53.5 Å². The molecule has 1 aromatic carbocycles. The van der Waals surface area contributed by atoms with Crippen LogP contribution in [0.2, 0.25) is 0 Å². The molecule has 0 saturated heterocycles. The molecule has 2 rings (SSSR count). The van der Waals surface area contributed by atoms with Crippen molar-refractivity contribution in [2.75, 3.05) is 5.32 Å². The van der Waals surface area contributed by atoms with Crippen molar-refractivity contribution >= 4 is 11.7 Å². The van der Waals surface area contributed by atoms with E-state index in [0.29, 0.717) is 12.8 Å². The molecule has 0 spiro atoms. The Morgan fingerprint density at radius 3 is 2.57 bits per heavy atom. The Balaban J connectivity index is 2.03. The molecule has 1 atom stereocenters. The highest BCUT2D eigenvalue weighted by molar-refractivity contribution is 5.88. The minimum atomic E-state index is -1.37. The first-order valence-electron chi connectivity index (χ1n) is 6.48. The molecule has 2 aromatic rings. The smallest absolute Gasteiger partial charge is 0.335 e. The standard InChI is InChI=1S/C15H15F2NO3/c1-9(4-5-11-3-2-6-21-11)18-14-12(16)7-10(15(19)20)8-13(14)17/h2-3,6-9,18H,4-5H2,1H3,(H,19,20). The van der Waals surface area contributed by atoms with Crippen LogP contribution in [-0.2, 0) is 6.42 Å². The van der Waals surface area contributed by atoms with Gasteiger partial charge in [-0.25, -0.2) is 13.6 Å². The SMILES string of the molecule is CC(CCc1ccco1)Nc1c(F)cc(C(=O)O)cc1F. The summed E-state index contributed by atoms with van der Waals surface area (Å²) in [5.41, 5.74) is -0.731. The summed E-state index contributed by atoms with van der Waals surface area (Å²) in [4.78, 5) is 10.7. The zero-order valence-electron chi connectivity index (χ0n) is 11.4. The molecule has 4 nitrogen and oxygen atoms in total. The number of aryl methyl sites for hydroxylation is 1. The van der Waals surface area contributed by atoms with E-state index in [4.69, 9.17) is 9.52 Å². The highest BCUT2D eigenvalue weighted by atomic mass is 19.1. The third-order valence-electron chi connectivity index (χ3n) is 3.08. The van der Waals surface area contributed by atoms with Gasteiger partial charge in [0, 0.05) is 12.5 Å². The first kappa shape index (κ1) is 15.0. The highest BCUT2D eigenvalue weighted by Gasteiger charge is 2.16. The summed E-state index contributed by atoms with van der Waals surface area (Å²) in [6, 6.07) is 5.00. The van der Waals surface area contributed by atoms with Crippen molar-refractivity contribution in [1.82, 2.24) is 0 Å². The zero-order valence-corrected chi connectivity index (χ0v) is 11.4. The Bertz CT molecular complexity index is 603. The Morgan fingerprint density at radius 1 is 1.38 bits per heavy atom. The molecule has 1 heterocycles. The van der Waals surface area contributed by atoms with Crippen LogP contribution in [0.4, 0.5) is 14.5 Å². The van der Waals surface area contributed by atoms with Crippen molar-refractivity contribution in [1.29, 1.82) is 0 Å². The van der Waals surface area contributed by atoms with Crippen LogP contribution in [0.1, 0.15) is 29.5 Å². The molecule has 2 N–H and O–H groups in total. The Kier molecular flexibility index (Phi) is 4.57. The topological polar surface area (TPSA) is 62.5 Å². The number of aromatic carboxylic acids is 1. The Hall–Kier alpha value is -2.37. The summed E-state index contributed by atoms with van der Waals surface area (Å²) >= 11 is 0. The predicted octanol–water partition coefficient (Wildman–Crippen LogP) is 3.69. The van der Waals surface area contributed by atoms with Crippen molar-refractivity contribution < 1.29 is 23.1 Å². The van der Waals surface area contributed by atoms with Crippen LogP contribution in [-0.4, -0.2) is 17.1 Å². The Morgan fingerprint density at radius 2 is 2.05 bits per heavy atom. The van der Waals surface area contributed by atoms with Crippen LogP contribution in [0.5, 0.6) is 0 Å². The molecule has 6 heteroatoms. The number of halogens is 2. The lowest BCUT2D eigenvalue weighted by Gasteiger charge is -2.16. The third-order valence-corrected chi connectivity index (χ3v) is 3.08. The molecule has 0 radical (unpaired) electrons. The van der Waals surface area contributed by atoms with E-state index in [0.717, 1.165) is 17.9 Å². The number of benzene rings is 1. The van der Waals surface area contributed by atoms with E-state index in [-0.39, 0.29) is 11.7 Å². The molecule has 0 bridgehead atoms. The summed E-state index contributed by atoms with van der Waals surface area (Å²) in [5.74, 6) is -2.41. The van der Waals surface area contributed by atoms with Gasteiger partial charge in [-0.05, 0) is 37.6 Å². The number of anilines is 1. The van der Waals surface area contributed by atoms with Crippen LogP contribution >= 0.6 is 0 Å². The average Bonchev–Trinajstić information content (AvgIpc) is 2.93. The van der Waals surface area contributed by atoms with Gasteiger partial charge in [-0.2, -0.15) is 0 Å². The second-order valence-electron chi connectivity index (χ2n) is 4.78. The number of carboxylic acid groups (broad SMARTS) is 1. The van der Waals surface area contributed by atoms with Gasteiger partial charge in [-0.1, -0.05) is 0 Å². The van der Waals surface area contributed by atoms with Gasteiger partial charge in [0.05, 0.1) is 11.8 Å². The molecule has 112 valence electrons. The van der Waals surface area contributed by atoms with Gasteiger partial charge in [0.15, 0.2) is 0 Å². The van der Waals surface area contributed by atoms with Gasteiger partial charge in [-0.15, -0.1) is 0 Å². The van der Waals surface area contributed by atoms with E-state index in [1.807, 2.05) is 6.07 Å². The van der Waals surface area contributed by atoms with Gasteiger partial charge < -0.3 is 14.8 Å². The second-order valence-corrected chi connectivity index (χ2v) is 4.78. The van der Waals surface area contributed by atoms with Crippen LogP contribution in [0.3, 0.4) is 0 Å². The van der Waals surface area contributed by atoms with Crippen LogP contribution in [0.15, 0.2) is 34.9 Å². The number of hydrogen-bond donors (Lipinski definition) is 2. The maximum Gasteiger partial charge on any atom is 0.335 e. The maximum atomic E-state index is 13.8. The number of furan rings is 1. The molecule has 0 aliphatic heterocycles. The molecule has 0 saturated carbocycles. The summed E-state index contributed by atoms with van der Waals surface area (Å²) in [5, 5.41) is 11.5. The number of hydrogen-bond acceptors (Lipinski definition) is 3. The van der Waals surface area contributed by atoms with Crippen LogP contribution in [0.25, 0.3) is 0 Å². The van der Waals surface area contributed by atoms with Gasteiger partial charge in [0.25, 0.3) is 0 Å². The minimum Gasteiger partial charge on any atom is -0.478 e. The number of carboxylic acids is 1. The number of rotatable bonds is 6. The van der Waals surface area contributed by atoms with E-state index in [9.17, 15) is 13.6 Å². The summed E-state index contributed by atoms with van der Waals surface area (Å²) in [7, 11) is 0. The van der Waals surface area contributed by atoms with E-state index < -0.39 is 23.2 Å². The van der Waals surface area contributed by atoms with Gasteiger partial charge >= 0.3 is 5.97 Å². The number of carbonyl (C=O) groups is 1. The Labute approximate surface area is 120 Å². The van der Waals surface area contributed by atoms with Gasteiger partial charge in [0.2, 0.25) is 0 Å². The molecule has 0 amide bonds. The first-order valence-corrected chi connectivity index (χ1v) is 6.48. The maximum absolute atomic E-state index is 13.8. The monoisotopic (exact) mass is 295 g/mol. The number of nitrogens with one attached hydrogen (secondary N) is 1. The van der Waals surface area contributed by atoms with Crippen molar-refractivity contribution in [3.8, 4) is 0 Å². The average molecular weight is 295 g/mol. The summed E-state index contributed by atoms with van der Waals surface area (Å²) < 4.78 is 32.7. The second kappa shape index (κ2) is 6.39. The fourth-order valence-corrected chi connectivity index (χ4v) is 1.97.